The first-order chi connectivity index (χ1) is 3.29. The molecule has 0 amide bonds. The van der Waals surface area contributed by atoms with Crippen molar-refractivity contribution in [1.82, 2.24) is 4.98 Å². The molecule has 46 valence electrons. The van der Waals surface area contributed by atoms with Crippen LogP contribution in [0.1, 0.15) is 5.89 Å². The van der Waals surface area contributed by atoms with Crippen molar-refractivity contribution in [2.75, 3.05) is 5.73 Å². The van der Waals surface area contributed by atoms with Gasteiger partial charge in [0.05, 0.1) is 0 Å². The smallest absolute Gasteiger partial charge is 0.192 e. The summed E-state index contributed by atoms with van der Waals surface area (Å²) in [5.41, 5.74) is 5.17. The summed E-state index contributed by atoms with van der Waals surface area (Å²) >= 11 is 0. The Morgan fingerprint density at radius 2 is 2.38 bits per heavy atom. The molecule has 4 heteroatoms. The van der Waals surface area contributed by atoms with Gasteiger partial charge in [-0.3, -0.25) is 0 Å². The molecule has 0 bridgehead atoms. The summed E-state index contributed by atoms with van der Waals surface area (Å²) in [6, 6.07) is 0. The van der Waals surface area contributed by atoms with E-state index in [1.54, 1.807) is 6.92 Å². The molecule has 0 spiro atoms. The molecule has 0 atom stereocenters. The number of hydrogen-bond donors (Lipinski definition) is 1. The largest absolute Gasteiger partial charge is 0.447 e. The minimum atomic E-state index is 0. The fourth-order valence-corrected chi connectivity index (χ4v) is 0.380. The number of oxazole rings is 1. The Morgan fingerprint density at radius 1 is 1.75 bits per heavy atom. The van der Waals surface area contributed by atoms with Gasteiger partial charge in [0.2, 0.25) is 0 Å². The van der Waals surface area contributed by atoms with Gasteiger partial charge in [-0.15, -0.1) is 12.4 Å². The molecule has 0 saturated heterocycles. The van der Waals surface area contributed by atoms with E-state index in [1.807, 2.05) is 0 Å². The first-order valence-electron chi connectivity index (χ1n) is 1.96. The molecule has 3 nitrogen and oxygen atoms in total. The van der Waals surface area contributed by atoms with Gasteiger partial charge in [-0.2, -0.15) is 4.98 Å². The summed E-state index contributed by atoms with van der Waals surface area (Å²) in [6.45, 7) is 1.75. The molecule has 0 fully saturated rings. The van der Waals surface area contributed by atoms with Gasteiger partial charge in [0, 0.05) is 6.92 Å². The molecule has 1 aromatic rings. The molecule has 0 unspecified atom stereocenters. The molecule has 1 heterocycles. The van der Waals surface area contributed by atoms with E-state index in [1.165, 1.54) is 6.26 Å². The van der Waals surface area contributed by atoms with Gasteiger partial charge in [-0.05, 0) is 0 Å². The first kappa shape index (κ1) is 7.30. The number of anilines is 1. The minimum absolute atomic E-state index is 0. The molecule has 0 aromatic carbocycles. The monoisotopic (exact) mass is 134 g/mol. The Hall–Kier alpha value is -0.700. The molecular formula is C4H7ClN2O. The highest BCUT2D eigenvalue weighted by Crippen LogP contribution is 1.98. The second kappa shape index (κ2) is 2.57. The molecule has 1 rings (SSSR count). The van der Waals surface area contributed by atoms with E-state index in [2.05, 4.69) is 4.98 Å². The first-order valence-corrected chi connectivity index (χ1v) is 1.96. The number of aromatic nitrogens is 1. The second-order valence-corrected chi connectivity index (χ2v) is 1.29. The Labute approximate surface area is 53.3 Å². The third-order valence-corrected chi connectivity index (χ3v) is 0.637. The van der Waals surface area contributed by atoms with E-state index in [0.29, 0.717) is 11.7 Å². The summed E-state index contributed by atoms with van der Waals surface area (Å²) in [6.07, 6.45) is 1.41. The van der Waals surface area contributed by atoms with Gasteiger partial charge >= 0.3 is 0 Å². The molecule has 2 N–H and O–H groups in total. The topological polar surface area (TPSA) is 52.0 Å². The molecule has 0 radical (unpaired) electrons. The maximum absolute atomic E-state index is 5.17. The molecule has 1 aromatic heterocycles. The summed E-state index contributed by atoms with van der Waals surface area (Å²) in [5, 5.41) is 0. The predicted octanol–water partition coefficient (Wildman–Crippen LogP) is 0.987. The molecule has 0 saturated carbocycles. The SMILES string of the molecule is Cc1nc(N)co1.Cl. The van der Waals surface area contributed by atoms with E-state index in [-0.39, 0.29) is 12.4 Å². The average Bonchev–Trinajstić information content (AvgIpc) is 1.87. The van der Waals surface area contributed by atoms with Crippen molar-refractivity contribution in [2.24, 2.45) is 0 Å². The van der Waals surface area contributed by atoms with Crippen LogP contribution in [0, 0.1) is 6.92 Å². The van der Waals surface area contributed by atoms with Crippen LogP contribution in [0.5, 0.6) is 0 Å². The maximum atomic E-state index is 5.17. The van der Waals surface area contributed by atoms with Crippen LogP contribution in [0.2, 0.25) is 0 Å². The fraction of sp³-hybridized carbons (Fsp3) is 0.250. The Balaban J connectivity index is 0.000000490. The van der Waals surface area contributed by atoms with Gasteiger partial charge in [0.1, 0.15) is 6.26 Å². The number of halogens is 1. The normalized spacial score (nSPS) is 8.12. The van der Waals surface area contributed by atoms with Crippen LogP contribution in [0.15, 0.2) is 10.7 Å². The second-order valence-electron chi connectivity index (χ2n) is 1.29. The van der Waals surface area contributed by atoms with Crippen LogP contribution < -0.4 is 5.73 Å². The van der Waals surface area contributed by atoms with Crippen molar-refractivity contribution in [3.05, 3.63) is 12.2 Å². The fourth-order valence-electron chi connectivity index (χ4n) is 0.380. The van der Waals surface area contributed by atoms with Crippen LogP contribution in [0.25, 0.3) is 0 Å². The lowest BCUT2D eigenvalue weighted by atomic mass is 10.8. The number of nitrogens with zero attached hydrogens (tertiary/aromatic N) is 1. The molecule has 0 aliphatic heterocycles. The zero-order chi connectivity index (χ0) is 5.28. The minimum Gasteiger partial charge on any atom is -0.447 e. The summed E-state index contributed by atoms with van der Waals surface area (Å²) in [4.78, 5) is 3.72. The van der Waals surface area contributed by atoms with Crippen molar-refractivity contribution in [1.29, 1.82) is 0 Å². The number of rotatable bonds is 0. The van der Waals surface area contributed by atoms with Crippen molar-refractivity contribution in [3.63, 3.8) is 0 Å². The van der Waals surface area contributed by atoms with E-state index in [9.17, 15) is 0 Å². The van der Waals surface area contributed by atoms with Crippen molar-refractivity contribution < 1.29 is 4.42 Å². The van der Waals surface area contributed by atoms with Gasteiger partial charge in [0.15, 0.2) is 11.7 Å². The van der Waals surface area contributed by atoms with Crippen LogP contribution in [-0.2, 0) is 0 Å². The lowest BCUT2D eigenvalue weighted by molar-refractivity contribution is 0.521. The highest BCUT2D eigenvalue weighted by atomic mass is 35.5. The molecule has 0 aliphatic carbocycles. The summed E-state index contributed by atoms with van der Waals surface area (Å²) < 4.78 is 4.73. The number of aryl methyl sites for hydroxylation is 1. The van der Waals surface area contributed by atoms with Crippen molar-refractivity contribution in [2.45, 2.75) is 6.92 Å². The highest BCUT2D eigenvalue weighted by Gasteiger charge is 1.88. The van der Waals surface area contributed by atoms with Gasteiger partial charge in [-0.1, -0.05) is 0 Å². The van der Waals surface area contributed by atoms with Crippen LogP contribution in [0.3, 0.4) is 0 Å². The Morgan fingerprint density at radius 3 is 2.50 bits per heavy atom. The van der Waals surface area contributed by atoms with E-state index in [4.69, 9.17) is 10.2 Å². The quantitative estimate of drug-likeness (QED) is 0.576. The highest BCUT2D eigenvalue weighted by molar-refractivity contribution is 5.85. The number of hydrogen-bond acceptors (Lipinski definition) is 3. The average molecular weight is 135 g/mol. The van der Waals surface area contributed by atoms with Crippen LogP contribution in [0.4, 0.5) is 5.82 Å². The van der Waals surface area contributed by atoms with Gasteiger partial charge in [0.25, 0.3) is 0 Å². The third kappa shape index (κ3) is 1.42. The molecule has 8 heavy (non-hydrogen) atoms. The van der Waals surface area contributed by atoms with Gasteiger partial charge in [-0.25, -0.2) is 0 Å². The van der Waals surface area contributed by atoms with E-state index >= 15 is 0 Å². The van der Waals surface area contributed by atoms with Gasteiger partial charge < -0.3 is 10.2 Å². The third-order valence-electron chi connectivity index (χ3n) is 0.637. The zero-order valence-corrected chi connectivity index (χ0v) is 5.23. The Bertz CT molecular complexity index is 146. The number of nitrogens with two attached hydrogens (primary N) is 1. The Kier molecular flexibility index (Phi) is 2.34. The van der Waals surface area contributed by atoms with E-state index in [0.717, 1.165) is 0 Å². The lowest BCUT2D eigenvalue weighted by Crippen LogP contribution is -1.81. The number of nitrogen functional groups attached to an aromatic ring is 1. The van der Waals surface area contributed by atoms with Crippen LogP contribution >= 0.6 is 12.4 Å². The summed E-state index contributed by atoms with van der Waals surface area (Å²) in [5.74, 6) is 1.05. The summed E-state index contributed by atoms with van der Waals surface area (Å²) in [7, 11) is 0. The standard InChI is InChI=1S/C4H6N2O.ClH/c1-3-6-4(5)2-7-3;/h2H,5H2,1H3;1H. The lowest BCUT2D eigenvalue weighted by Gasteiger charge is -1.69. The van der Waals surface area contributed by atoms with Crippen molar-refractivity contribution in [3.8, 4) is 0 Å². The molecular weight excluding hydrogens is 128 g/mol. The molecule has 0 aliphatic rings. The van der Waals surface area contributed by atoms with Crippen molar-refractivity contribution >= 4 is 18.2 Å². The maximum Gasteiger partial charge on any atom is 0.192 e. The zero-order valence-electron chi connectivity index (χ0n) is 4.42. The van der Waals surface area contributed by atoms with E-state index < -0.39 is 0 Å². The van der Waals surface area contributed by atoms with Crippen LogP contribution in [-0.4, -0.2) is 4.98 Å². The predicted molar refractivity (Wildman–Crippen MR) is 32.9 cm³/mol.